The molecule has 16 heavy (non-hydrogen) atoms. The largest absolute Gasteiger partial charge is 0.395 e. The van der Waals surface area contributed by atoms with Gasteiger partial charge in [-0.15, -0.1) is 0 Å². The first-order chi connectivity index (χ1) is 7.74. The van der Waals surface area contributed by atoms with Crippen LogP contribution in [0.4, 0.5) is 0 Å². The van der Waals surface area contributed by atoms with Gasteiger partial charge in [-0.05, 0) is 24.7 Å². The Balaban J connectivity index is 2.48. The van der Waals surface area contributed by atoms with Crippen molar-refractivity contribution >= 4 is 23.0 Å². The van der Waals surface area contributed by atoms with Crippen LogP contribution in [0.2, 0.25) is 0 Å². The lowest BCUT2D eigenvalue weighted by Gasteiger charge is -2.06. The molecule has 0 saturated carbocycles. The molecule has 0 amide bonds. The van der Waals surface area contributed by atoms with Crippen LogP contribution in [-0.4, -0.2) is 29.1 Å². The molecule has 1 aromatic carbocycles. The quantitative estimate of drug-likeness (QED) is 0.413. The summed E-state index contributed by atoms with van der Waals surface area (Å²) in [5.41, 5.74) is 4.61. The van der Waals surface area contributed by atoms with Crippen molar-refractivity contribution in [3.05, 3.63) is 35.9 Å². The molecular formula is C11H15N3OS. The summed E-state index contributed by atoms with van der Waals surface area (Å²) in [6.45, 7) is 2.37. The molecule has 0 heterocycles. The SMILES string of the molecule is CC(=NNC(=S)NCCO)c1ccccc1. The lowest BCUT2D eigenvalue weighted by Crippen LogP contribution is -2.34. The summed E-state index contributed by atoms with van der Waals surface area (Å²) in [5.74, 6) is 0. The Morgan fingerprint density at radius 3 is 2.69 bits per heavy atom. The first kappa shape index (κ1) is 12.6. The van der Waals surface area contributed by atoms with Gasteiger partial charge in [-0.25, -0.2) is 0 Å². The van der Waals surface area contributed by atoms with Gasteiger partial charge in [0.2, 0.25) is 0 Å². The van der Waals surface area contributed by atoms with E-state index in [-0.39, 0.29) is 6.61 Å². The number of thiocarbonyl (C=S) groups is 1. The molecule has 4 nitrogen and oxygen atoms in total. The maximum absolute atomic E-state index is 8.58. The van der Waals surface area contributed by atoms with E-state index < -0.39 is 0 Å². The summed E-state index contributed by atoms with van der Waals surface area (Å²) < 4.78 is 0. The Bertz CT molecular complexity index is 365. The van der Waals surface area contributed by atoms with Crippen molar-refractivity contribution in [2.45, 2.75) is 6.92 Å². The van der Waals surface area contributed by atoms with Crippen LogP contribution >= 0.6 is 12.2 Å². The van der Waals surface area contributed by atoms with Gasteiger partial charge in [-0.1, -0.05) is 30.3 Å². The highest BCUT2D eigenvalue weighted by Gasteiger charge is 1.96. The highest BCUT2D eigenvalue weighted by Crippen LogP contribution is 1.99. The van der Waals surface area contributed by atoms with Crippen molar-refractivity contribution in [1.82, 2.24) is 10.7 Å². The van der Waals surface area contributed by atoms with E-state index in [1.54, 1.807) is 0 Å². The number of aliphatic hydroxyl groups is 1. The molecule has 1 rings (SSSR count). The molecule has 0 aliphatic heterocycles. The van der Waals surface area contributed by atoms with Gasteiger partial charge in [0.05, 0.1) is 12.3 Å². The van der Waals surface area contributed by atoms with E-state index in [4.69, 9.17) is 17.3 Å². The molecule has 0 fully saturated rings. The van der Waals surface area contributed by atoms with Crippen molar-refractivity contribution in [2.75, 3.05) is 13.2 Å². The fourth-order valence-corrected chi connectivity index (χ4v) is 1.24. The van der Waals surface area contributed by atoms with E-state index in [0.29, 0.717) is 11.7 Å². The molecule has 0 aliphatic carbocycles. The molecule has 86 valence electrons. The summed E-state index contributed by atoms with van der Waals surface area (Å²) in [4.78, 5) is 0. The molecular weight excluding hydrogens is 222 g/mol. The molecule has 5 heteroatoms. The van der Waals surface area contributed by atoms with Gasteiger partial charge in [0.15, 0.2) is 5.11 Å². The molecule has 3 N–H and O–H groups in total. The van der Waals surface area contributed by atoms with Gasteiger partial charge in [-0.3, -0.25) is 5.43 Å². The molecule has 1 aromatic rings. The Morgan fingerprint density at radius 2 is 2.06 bits per heavy atom. The minimum absolute atomic E-state index is 0.0448. The number of aliphatic hydroxyl groups excluding tert-OH is 1. The fourth-order valence-electron chi connectivity index (χ4n) is 1.09. The maximum Gasteiger partial charge on any atom is 0.187 e. The summed E-state index contributed by atoms with van der Waals surface area (Å²) in [6, 6.07) is 9.82. The van der Waals surface area contributed by atoms with Crippen LogP contribution in [0.3, 0.4) is 0 Å². The van der Waals surface area contributed by atoms with Crippen molar-refractivity contribution < 1.29 is 5.11 Å². The average molecular weight is 237 g/mol. The molecule has 0 spiro atoms. The zero-order chi connectivity index (χ0) is 11.8. The van der Waals surface area contributed by atoms with E-state index in [0.717, 1.165) is 11.3 Å². The normalized spacial score (nSPS) is 11.0. The second-order valence-electron chi connectivity index (χ2n) is 3.15. The standard InChI is InChI=1S/C11H15N3OS/c1-9(10-5-3-2-4-6-10)13-14-11(16)12-7-8-15/h2-6,15H,7-8H2,1H3,(H2,12,14,16). The zero-order valence-corrected chi connectivity index (χ0v) is 9.92. The number of hydrogen-bond donors (Lipinski definition) is 3. The van der Waals surface area contributed by atoms with Crippen LogP contribution < -0.4 is 10.7 Å². The van der Waals surface area contributed by atoms with Crippen molar-refractivity contribution in [2.24, 2.45) is 5.10 Å². The van der Waals surface area contributed by atoms with E-state index in [9.17, 15) is 0 Å². The van der Waals surface area contributed by atoms with Gasteiger partial charge in [0, 0.05) is 6.54 Å². The van der Waals surface area contributed by atoms with E-state index in [1.807, 2.05) is 37.3 Å². The maximum atomic E-state index is 8.58. The molecule has 0 aromatic heterocycles. The highest BCUT2D eigenvalue weighted by molar-refractivity contribution is 7.80. The number of nitrogens with one attached hydrogen (secondary N) is 2. The van der Waals surface area contributed by atoms with Gasteiger partial charge in [0.1, 0.15) is 0 Å². The summed E-state index contributed by atoms with van der Waals surface area (Å²) >= 11 is 4.95. The Hall–Kier alpha value is -1.46. The average Bonchev–Trinajstić information content (AvgIpc) is 2.34. The Kier molecular flexibility index (Phi) is 5.45. The first-order valence-electron chi connectivity index (χ1n) is 4.98. The third-order valence-electron chi connectivity index (χ3n) is 1.91. The van der Waals surface area contributed by atoms with Gasteiger partial charge in [-0.2, -0.15) is 5.10 Å². The molecule has 0 unspecified atom stereocenters. The Morgan fingerprint density at radius 1 is 1.38 bits per heavy atom. The third-order valence-corrected chi connectivity index (χ3v) is 2.15. The predicted molar refractivity (Wildman–Crippen MR) is 69.5 cm³/mol. The number of rotatable bonds is 4. The molecule has 0 bridgehead atoms. The van der Waals surface area contributed by atoms with Gasteiger partial charge in [0.25, 0.3) is 0 Å². The van der Waals surface area contributed by atoms with E-state index in [2.05, 4.69) is 15.8 Å². The fraction of sp³-hybridized carbons (Fsp3) is 0.273. The lowest BCUT2D eigenvalue weighted by atomic mass is 10.1. The first-order valence-corrected chi connectivity index (χ1v) is 5.39. The third kappa shape index (κ3) is 4.37. The number of benzene rings is 1. The van der Waals surface area contributed by atoms with Crippen molar-refractivity contribution in [1.29, 1.82) is 0 Å². The number of hydrogen-bond acceptors (Lipinski definition) is 3. The van der Waals surface area contributed by atoms with Crippen LogP contribution in [0, 0.1) is 0 Å². The van der Waals surface area contributed by atoms with Crippen molar-refractivity contribution in [3.8, 4) is 0 Å². The van der Waals surface area contributed by atoms with Crippen LogP contribution in [0.1, 0.15) is 12.5 Å². The van der Waals surface area contributed by atoms with Crippen molar-refractivity contribution in [3.63, 3.8) is 0 Å². The lowest BCUT2D eigenvalue weighted by molar-refractivity contribution is 0.300. The van der Waals surface area contributed by atoms with Gasteiger partial charge >= 0.3 is 0 Å². The van der Waals surface area contributed by atoms with Crippen LogP contribution in [-0.2, 0) is 0 Å². The van der Waals surface area contributed by atoms with Gasteiger partial charge < -0.3 is 10.4 Å². The zero-order valence-electron chi connectivity index (χ0n) is 9.10. The van der Waals surface area contributed by atoms with Crippen LogP contribution in [0.25, 0.3) is 0 Å². The second-order valence-corrected chi connectivity index (χ2v) is 3.56. The monoisotopic (exact) mass is 237 g/mol. The van der Waals surface area contributed by atoms with E-state index in [1.165, 1.54) is 0 Å². The number of nitrogens with zero attached hydrogens (tertiary/aromatic N) is 1. The topological polar surface area (TPSA) is 56.7 Å². The highest BCUT2D eigenvalue weighted by atomic mass is 32.1. The summed E-state index contributed by atoms with van der Waals surface area (Å²) in [5, 5.41) is 15.9. The van der Waals surface area contributed by atoms with Crippen LogP contribution in [0.15, 0.2) is 35.4 Å². The molecule has 0 aliphatic rings. The Labute approximate surface area is 100 Å². The minimum Gasteiger partial charge on any atom is -0.395 e. The molecule has 0 radical (unpaired) electrons. The molecule has 0 saturated heterocycles. The predicted octanol–water partition coefficient (Wildman–Crippen LogP) is 0.867. The smallest absolute Gasteiger partial charge is 0.187 e. The summed E-state index contributed by atoms with van der Waals surface area (Å²) in [6.07, 6.45) is 0. The minimum atomic E-state index is 0.0448. The number of hydrazone groups is 1. The summed E-state index contributed by atoms with van der Waals surface area (Å²) in [7, 11) is 0. The van der Waals surface area contributed by atoms with E-state index >= 15 is 0 Å². The van der Waals surface area contributed by atoms with Crippen LogP contribution in [0.5, 0.6) is 0 Å². The molecule has 0 atom stereocenters. The second kappa shape index (κ2) is 6.92.